The smallest absolute Gasteiger partial charge is 0.270 e. The van der Waals surface area contributed by atoms with E-state index in [2.05, 4.69) is 10.3 Å². The number of benzene rings is 1. The highest BCUT2D eigenvalue weighted by molar-refractivity contribution is 7.98. The summed E-state index contributed by atoms with van der Waals surface area (Å²) in [6.45, 7) is 2.85. The fourth-order valence-corrected chi connectivity index (χ4v) is 3.62. The van der Waals surface area contributed by atoms with E-state index in [1.165, 1.54) is 30.1 Å². The lowest BCUT2D eigenvalue weighted by molar-refractivity contribution is -0.129. The van der Waals surface area contributed by atoms with Gasteiger partial charge >= 0.3 is 0 Å². The number of carbonyl (C=O) groups is 2. The van der Waals surface area contributed by atoms with Crippen molar-refractivity contribution >= 4 is 23.6 Å². The van der Waals surface area contributed by atoms with Crippen molar-refractivity contribution in [2.24, 2.45) is 0 Å². The molecule has 26 heavy (non-hydrogen) atoms. The highest BCUT2D eigenvalue weighted by atomic mass is 32.2. The summed E-state index contributed by atoms with van der Waals surface area (Å²) in [5, 5.41) is 3.69. The molecule has 1 aromatic heterocycles. The van der Waals surface area contributed by atoms with Gasteiger partial charge in [-0.05, 0) is 43.4 Å². The number of carbonyl (C=O) groups excluding carboxylic acids is 2. The summed E-state index contributed by atoms with van der Waals surface area (Å²) in [6, 6.07) is 5.99. The first-order valence-electron chi connectivity index (χ1n) is 8.43. The second-order valence-electron chi connectivity index (χ2n) is 6.20. The molecule has 0 saturated carbocycles. The second kappa shape index (κ2) is 7.90. The van der Waals surface area contributed by atoms with Crippen LogP contribution in [0.5, 0.6) is 0 Å². The van der Waals surface area contributed by atoms with Crippen LogP contribution in [0.25, 0.3) is 5.69 Å². The molecule has 1 aliphatic rings. The van der Waals surface area contributed by atoms with Crippen molar-refractivity contribution in [2.75, 3.05) is 19.3 Å². The summed E-state index contributed by atoms with van der Waals surface area (Å²) in [5.74, 6) is -0.486. The SMILES string of the molecule is CSc1ncc(C(=O)NC2CCN(C(C)=O)CC2)n1-c1ccc(F)cc1. The summed E-state index contributed by atoms with van der Waals surface area (Å²) >= 11 is 1.42. The third-order valence-corrected chi connectivity index (χ3v) is 5.16. The number of rotatable bonds is 4. The van der Waals surface area contributed by atoms with Crippen LogP contribution in [0.2, 0.25) is 0 Å². The van der Waals surface area contributed by atoms with E-state index in [1.54, 1.807) is 28.5 Å². The summed E-state index contributed by atoms with van der Waals surface area (Å²) in [4.78, 5) is 30.3. The predicted molar refractivity (Wildman–Crippen MR) is 98.0 cm³/mol. The third kappa shape index (κ3) is 3.90. The lowest BCUT2D eigenvalue weighted by Gasteiger charge is -2.31. The van der Waals surface area contributed by atoms with Gasteiger partial charge in [0.15, 0.2) is 5.16 Å². The van der Waals surface area contributed by atoms with Gasteiger partial charge in [0.2, 0.25) is 5.91 Å². The number of likely N-dealkylation sites (tertiary alicyclic amines) is 1. The average Bonchev–Trinajstić information content (AvgIpc) is 3.07. The Kier molecular flexibility index (Phi) is 5.61. The largest absolute Gasteiger partial charge is 0.348 e. The fraction of sp³-hybridized carbons (Fsp3) is 0.389. The van der Waals surface area contributed by atoms with Crippen LogP contribution in [0.4, 0.5) is 4.39 Å². The summed E-state index contributed by atoms with van der Waals surface area (Å²) in [6.07, 6.45) is 4.87. The molecule has 2 heterocycles. The molecule has 0 unspecified atom stereocenters. The number of hydrogen-bond donors (Lipinski definition) is 1. The van der Waals surface area contributed by atoms with Gasteiger partial charge in [-0.1, -0.05) is 11.8 Å². The Bertz CT molecular complexity index is 798. The number of halogens is 1. The summed E-state index contributed by atoms with van der Waals surface area (Å²) < 4.78 is 15.0. The van der Waals surface area contributed by atoms with Gasteiger partial charge in [-0.15, -0.1) is 0 Å². The normalized spacial score (nSPS) is 15.1. The molecule has 1 fully saturated rings. The Morgan fingerprint density at radius 3 is 2.46 bits per heavy atom. The zero-order chi connectivity index (χ0) is 18.7. The van der Waals surface area contributed by atoms with Gasteiger partial charge in [-0.3, -0.25) is 14.2 Å². The van der Waals surface area contributed by atoms with Gasteiger partial charge in [0, 0.05) is 31.7 Å². The number of aromatic nitrogens is 2. The lowest BCUT2D eigenvalue weighted by Crippen LogP contribution is -2.46. The van der Waals surface area contributed by atoms with E-state index in [4.69, 9.17) is 0 Å². The molecule has 0 spiro atoms. The molecule has 2 amide bonds. The average molecular weight is 376 g/mol. The van der Waals surface area contributed by atoms with Crippen molar-refractivity contribution in [3.05, 3.63) is 42.0 Å². The predicted octanol–water partition coefficient (Wildman–Crippen LogP) is 2.47. The molecule has 138 valence electrons. The van der Waals surface area contributed by atoms with Gasteiger partial charge in [0.05, 0.1) is 6.20 Å². The van der Waals surface area contributed by atoms with Crippen molar-refractivity contribution < 1.29 is 14.0 Å². The van der Waals surface area contributed by atoms with E-state index in [-0.39, 0.29) is 23.7 Å². The van der Waals surface area contributed by atoms with E-state index in [0.717, 1.165) is 12.8 Å². The molecule has 6 nitrogen and oxygen atoms in total. The first kappa shape index (κ1) is 18.4. The minimum Gasteiger partial charge on any atom is -0.348 e. The maximum atomic E-state index is 13.2. The monoisotopic (exact) mass is 376 g/mol. The second-order valence-corrected chi connectivity index (χ2v) is 6.97. The Hall–Kier alpha value is -2.35. The summed E-state index contributed by atoms with van der Waals surface area (Å²) in [7, 11) is 0. The van der Waals surface area contributed by atoms with Gasteiger partial charge < -0.3 is 10.2 Å². The van der Waals surface area contributed by atoms with Crippen LogP contribution in [0.1, 0.15) is 30.3 Å². The molecule has 3 rings (SSSR count). The van der Waals surface area contributed by atoms with Crippen LogP contribution in [-0.4, -0.2) is 51.7 Å². The number of amides is 2. The van der Waals surface area contributed by atoms with E-state index < -0.39 is 0 Å². The van der Waals surface area contributed by atoms with Gasteiger partial charge in [0.1, 0.15) is 11.5 Å². The number of nitrogens with one attached hydrogen (secondary N) is 1. The molecular formula is C18H21FN4O2S. The van der Waals surface area contributed by atoms with E-state index in [9.17, 15) is 14.0 Å². The number of piperidine rings is 1. The van der Waals surface area contributed by atoms with Gasteiger partial charge in [0.25, 0.3) is 5.91 Å². The highest BCUT2D eigenvalue weighted by Crippen LogP contribution is 2.22. The molecule has 0 bridgehead atoms. The lowest BCUT2D eigenvalue weighted by atomic mass is 10.0. The van der Waals surface area contributed by atoms with Crippen LogP contribution in [0, 0.1) is 5.82 Å². The van der Waals surface area contributed by atoms with Crippen molar-refractivity contribution in [3.63, 3.8) is 0 Å². The van der Waals surface area contributed by atoms with Gasteiger partial charge in [-0.25, -0.2) is 9.37 Å². The zero-order valence-electron chi connectivity index (χ0n) is 14.7. The van der Waals surface area contributed by atoms with E-state index in [0.29, 0.717) is 29.6 Å². The standard InChI is InChI=1S/C18H21FN4O2S/c1-12(24)22-9-7-14(8-10-22)21-17(25)16-11-20-18(26-2)23(16)15-5-3-13(19)4-6-15/h3-6,11,14H,7-10H2,1-2H3,(H,21,25). The molecule has 1 saturated heterocycles. The van der Waals surface area contributed by atoms with Crippen molar-refractivity contribution in [1.82, 2.24) is 19.8 Å². The molecule has 8 heteroatoms. The third-order valence-electron chi connectivity index (χ3n) is 4.51. The van der Waals surface area contributed by atoms with Crippen molar-refractivity contribution in [1.29, 1.82) is 0 Å². The Morgan fingerprint density at radius 2 is 1.88 bits per heavy atom. The fourth-order valence-electron chi connectivity index (χ4n) is 3.08. The zero-order valence-corrected chi connectivity index (χ0v) is 15.6. The molecular weight excluding hydrogens is 355 g/mol. The minimum atomic E-state index is -0.331. The Balaban J connectivity index is 1.77. The quantitative estimate of drug-likeness (QED) is 0.833. The molecule has 0 atom stereocenters. The van der Waals surface area contributed by atoms with Crippen LogP contribution in [0.15, 0.2) is 35.6 Å². The summed E-state index contributed by atoms with van der Waals surface area (Å²) in [5.41, 5.74) is 1.10. The first-order valence-corrected chi connectivity index (χ1v) is 9.66. The molecule has 1 aromatic carbocycles. The first-order chi connectivity index (χ1) is 12.5. The van der Waals surface area contributed by atoms with E-state index in [1.807, 2.05) is 6.26 Å². The van der Waals surface area contributed by atoms with Crippen molar-refractivity contribution in [3.8, 4) is 5.69 Å². The van der Waals surface area contributed by atoms with Crippen LogP contribution >= 0.6 is 11.8 Å². The molecule has 2 aromatic rings. The highest BCUT2D eigenvalue weighted by Gasteiger charge is 2.24. The Morgan fingerprint density at radius 1 is 1.23 bits per heavy atom. The Labute approximate surface area is 155 Å². The number of nitrogens with zero attached hydrogens (tertiary/aromatic N) is 3. The topological polar surface area (TPSA) is 67.2 Å². The number of hydrogen-bond acceptors (Lipinski definition) is 4. The minimum absolute atomic E-state index is 0.0207. The molecule has 0 aliphatic carbocycles. The maximum Gasteiger partial charge on any atom is 0.270 e. The van der Waals surface area contributed by atoms with Crippen LogP contribution < -0.4 is 5.32 Å². The molecule has 1 aliphatic heterocycles. The van der Waals surface area contributed by atoms with E-state index >= 15 is 0 Å². The molecule has 1 N–H and O–H groups in total. The van der Waals surface area contributed by atoms with Crippen molar-refractivity contribution in [2.45, 2.75) is 31.0 Å². The number of thioether (sulfide) groups is 1. The van der Waals surface area contributed by atoms with Crippen LogP contribution in [0.3, 0.4) is 0 Å². The van der Waals surface area contributed by atoms with Gasteiger partial charge in [-0.2, -0.15) is 0 Å². The van der Waals surface area contributed by atoms with Crippen LogP contribution in [-0.2, 0) is 4.79 Å². The maximum absolute atomic E-state index is 13.2. The molecule has 0 radical (unpaired) electrons. The number of imidazole rings is 1.